The molecule has 2 heterocycles. The van der Waals surface area contributed by atoms with Gasteiger partial charge in [0, 0.05) is 23.0 Å². The van der Waals surface area contributed by atoms with Gasteiger partial charge < -0.3 is 9.64 Å². The van der Waals surface area contributed by atoms with Gasteiger partial charge in [-0.1, -0.05) is 41.6 Å². The number of nitriles is 1. The normalized spacial score (nSPS) is 18.9. The molecule has 7 heteroatoms. The molecule has 0 unspecified atom stereocenters. The van der Waals surface area contributed by atoms with E-state index in [4.69, 9.17) is 16.3 Å². The third kappa shape index (κ3) is 3.76. The number of amides is 1. The molecular formula is C23H22ClN3O2S. The number of hydrogen-bond donors (Lipinski definition) is 0. The van der Waals surface area contributed by atoms with Crippen LogP contribution in [-0.4, -0.2) is 30.0 Å². The first-order valence-corrected chi connectivity index (χ1v) is 11.2. The van der Waals surface area contributed by atoms with Crippen LogP contribution in [-0.2, 0) is 4.79 Å². The monoisotopic (exact) mass is 439 g/mol. The van der Waals surface area contributed by atoms with Gasteiger partial charge in [0.2, 0.25) is 5.91 Å². The summed E-state index contributed by atoms with van der Waals surface area (Å²) in [6, 6.07) is 15.9. The first-order valence-electron chi connectivity index (χ1n) is 9.83. The molecule has 2 aliphatic rings. The third-order valence-electron chi connectivity index (χ3n) is 5.47. The number of carbonyl (C=O) groups is 1. The van der Waals surface area contributed by atoms with Crippen LogP contribution in [0.2, 0.25) is 5.02 Å². The van der Waals surface area contributed by atoms with E-state index in [9.17, 15) is 10.1 Å². The van der Waals surface area contributed by atoms with Crippen LogP contribution < -0.4 is 9.64 Å². The van der Waals surface area contributed by atoms with Gasteiger partial charge in [0.25, 0.3) is 0 Å². The Morgan fingerprint density at radius 3 is 2.73 bits per heavy atom. The van der Waals surface area contributed by atoms with Crippen molar-refractivity contribution in [3.8, 4) is 11.8 Å². The number of thioether (sulfide) groups is 1. The van der Waals surface area contributed by atoms with Gasteiger partial charge in [-0.05, 0) is 49.2 Å². The topological polar surface area (TPSA) is 56.6 Å². The van der Waals surface area contributed by atoms with E-state index in [1.807, 2.05) is 56.3 Å². The van der Waals surface area contributed by atoms with Gasteiger partial charge in [0.05, 0.1) is 35.8 Å². The second-order valence-corrected chi connectivity index (χ2v) is 8.59. The number of anilines is 1. The molecule has 2 aromatic carbocycles. The Kier molecular flexibility index (Phi) is 5.94. The van der Waals surface area contributed by atoms with Crippen LogP contribution in [0, 0.1) is 18.3 Å². The summed E-state index contributed by atoms with van der Waals surface area (Å²) in [5.41, 5.74) is 3.62. The Morgan fingerprint density at radius 2 is 2.03 bits per heavy atom. The molecule has 0 spiro atoms. The molecule has 0 N–H and O–H groups in total. The van der Waals surface area contributed by atoms with Crippen LogP contribution in [0.4, 0.5) is 5.69 Å². The van der Waals surface area contributed by atoms with Crippen molar-refractivity contribution in [3.05, 3.63) is 69.2 Å². The molecule has 0 saturated carbocycles. The first kappa shape index (κ1) is 20.6. The number of fused-ring (bicyclic) bond motifs is 1. The summed E-state index contributed by atoms with van der Waals surface area (Å²) in [5, 5.41) is 11.4. The smallest absolute Gasteiger partial charge is 0.229 e. The molecule has 4 rings (SSSR count). The summed E-state index contributed by atoms with van der Waals surface area (Å²) < 4.78 is 5.51. The highest BCUT2D eigenvalue weighted by atomic mass is 35.5. The minimum absolute atomic E-state index is 0.0276. The van der Waals surface area contributed by atoms with E-state index in [0.29, 0.717) is 29.7 Å². The molecule has 0 aromatic heterocycles. The molecule has 1 atom stereocenters. The van der Waals surface area contributed by atoms with Crippen molar-refractivity contribution in [3.63, 3.8) is 0 Å². The Balaban J connectivity index is 1.63. The van der Waals surface area contributed by atoms with Crippen molar-refractivity contribution in [2.24, 2.45) is 0 Å². The van der Waals surface area contributed by atoms with Gasteiger partial charge in [-0.3, -0.25) is 9.69 Å². The fraction of sp³-hybridized carbons (Fsp3) is 0.304. The summed E-state index contributed by atoms with van der Waals surface area (Å²) in [7, 11) is 0. The average Bonchev–Trinajstić information content (AvgIpc) is 2.76. The predicted molar refractivity (Wildman–Crippen MR) is 120 cm³/mol. The summed E-state index contributed by atoms with van der Waals surface area (Å²) in [6.45, 7) is 4.94. The highest BCUT2D eigenvalue weighted by Gasteiger charge is 2.38. The second kappa shape index (κ2) is 8.63. The molecule has 154 valence electrons. The van der Waals surface area contributed by atoms with Crippen LogP contribution in [0.1, 0.15) is 30.4 Å². The molecule has 2 aliphatic heterocycles. The zero-order valence-corrected chi connectivity index (χ0v) is 18.5. The number of hydrogen-bond acceptors (Lipinski definition) is 5. The summed E-state index contributed by atoms with van der Waals surface area (Å²) in [5.74, 6) is 1.24. The van der Waals surface area contributed by atoms with Gasteiger partial charge in [-0.25, -0.2) is 0 Å². The van der Waals surface area contributed by atoms with Crippen molar-refractivity contribution in [2.75, 3.05) is 24.1 Å². The first-order chi connectivity index (χ1) is 14.5. The molecule has 1 amide bonds. The SMILES string of the molecule is CCOc1ccc([C@@H]2CC(=O)N3CN(c4cccc(Cl)c4C)CSC3=C2C#N)cc1. The van der Waals surface area contributed by atoms with Crippen molar-refractivity contribution in [2.45, 2.75) is 26.2 Å². The molecule has 5 nitrogen and oxygen atoms in total. The number of ether oxygens (including phenoxy) is 1. The lowest BCUT2D eigenvalue weighted by Gasteiger charge is -2.42. The number of allylic oxidation sites excluding steroid dienone is 1. The van der Waals surface area contributed by atoms with E-state index >= 15 is 0 Å². The fourth-order valence-electron chi connectivity index (χ4n) is 3.90. The quantitative estimate of drug-likeness (QED) is 0.649. The highest BCUT2D eigenvalue weighted by Crippen LogP contribution is 2.44. The van der Waals surface area contributed by atoms with E-state index in [1.165, 1.54) is 11.8 Å². The molecular weight excluding hydrogens is 418 g/mol. The van der Waals surface area contributed by atoms with Gasteiger partial charge >= 0.3 is 0 Å². The van der Waals surface area contributed by atoms with E-state index in [1.54, 1.807) is 4.90 Å². The third-order valence-corrected chi connectivity index (χ3v) is 7.03. The Bertz CT molecular complexity index is 1050. The maximum absolute atomic E-state index is 13.1. The van der Waals surface area contributed by atoms with Crippen LogP contribution in [0.25, 0.3) is 0 Å². The molecule has 1 fully saturated rings. The molecule has 0 aliphatic carbocycles. The van der Waals surface area contributed by atoms with Gasteiger partial charge in [0.1, 0.15) is 5.75 Å². The summed E-state index contributed by atoms with van der Waals surface area (Å²) in [6.07, 6.45) is 0.281. The Labute approximate surface area is 185 Å². The molecule has 0 radical (unpaired) electrons. The average molecular weight is 440 g/mol. The maximum Gasteiger partial charge on any atom is 0.229 e. The van der Waals surface area contributed by atoms with Crippen LogP contribution in [0.15, 0.2) is 53.1 Å². The van der Waals surface area contributed by atoms with Gasteiger partial charge in [0.15, 0.2) is 0 Å². The second-order valence-electron chi connectivity index (χ2n) is 7.25. The lowest BCUT2D eigenvalue weighted by atomic mass is 9.86. The van der Waals surface area contributed by atoms with Crippen molar-refractivity contribution < 1.29 is 9.53 Å². The lowest BCUT2D eigenvalue weighted by molar-refractivity contribution is -0.129. The largest absolute Gasteiger partial charge is 0.494 e. The molecule has 0 bridgehead atoms. The van der Waals surface area contributed by atoms with Gasteiger partial charge in [-0.2, -0.15) is 5.26 Å². The van der Waals surface area contributed by atoms with E-state index < -0.39 is 0 Å². The highest BCUT2D eigenvalue weighted by molar-refractivity contribution is 8.03. The number of benzene rings is 2. The number of carbonyl (C=O) groups excluding carboxylic acids is 1. The maximum atomic E-state index is 13.1. The van der Waals surface area contributed by atoms with Crippen LogP contribution in [0.3, 0.4) is 0 Å². The fourth-order valence-corrected chi connectivity index (χ4v) is 5.23. The number of rotatable bonds is 4. The Hall–Kier alpha value is -2.62. The predicted octanol–water partition coefficient (Wildman–Crippen LogP) is 5.27. The van der Waals surface area contributed by atoms with E-state index in [0.717, 1.165) is 27.6 Å². The summed E-state index contributed by atoms with van der Waals surface area (Å²) in [4.78, 5) is 16.9. The molecule has 30 heavy (non-hydrogen) atoms. The van der Waals surface area contributed by atoms with Crippen molar-refractivity contribution in [1.82, 2.24) is 4.90 Å². The Morgan fingerprint density at radius 1 is 1.27 bits per heavy atom. The zero-order valence-electron chi connectivity index (χ0n) is 16.9. The minimum Gasteiger partial charge on any atom is -0.494 e. The lowest BCUT2D eigenvalue weighted by Crippen LogP contribution is -2.47. The van der Waals surface area contributed by atoms with E-state index in [2.05, 4.69) is 11.0 Å². The van der Waals surface area contributed by atoms with E-state index in [-0.39, 0.29) is 18.2 Å². The van der Waals surface area contributed by atoms with Crippen molar-refractivity contribution >= 4 is 35.0 Å². The number of halogens is 1. The number of nitrogens with zero attached hydrogens (tertiary/aromatic N) is 3. The standard InChI is InChI=1S/C23H22ClN3O2S/c1-3-29-17-9-7-16(8-10-17)18-11-22(28)27-13-26(14-30-23(27)19(18)12-25)21-6-4-5-20(24)15(21)2/h4-10,18H,3,11,13-14H2,1-2H3/t18-/m0/s1. The minimum atomic E-state index is -0.226. The van der Waals surface area contributed by atoms with Crippen LogP contribution >= 0.6 is 23.4 Å². The van der Waals surface area contributed by atoms with Crippen molar-refractivity contribution in [1.29, 1.82) is 5.26 Å². The zero-order chi connectivity index (χ0) is 21.3. The molecule has 2 aromatic rings. The molecule has 1 saturated heterocycles. The summed E-state index contributed by atoms with van der Waals surface area (Å²) >= 11 is 7.82. The van der Waals surface area contributed by atoms with Crippen LogP contribution in [0.5, 0.6) is 5.75 Å². The van der Waals surface area contributed by atoms with Gasteiger partial charge in [-0.15, -0.1) is 0 Å².